The number of sulfone groups is 1. The lowest BCUT2D eigenvalue weighted by atomic mass is 10.2. The Balaban J connectivity index is 2.08. The van der Waals surface area contributed by atoms with Crippen LogP contribution >= 0.6 is 11.6 Å². The van der Waals surface area contributed by atoms with Crippen LogP contribution in [0.4, 0.5) is 0 Å². The first-order valence-electron chi connectivity index (χ1n) is 9.87. The maximum atomic E-state index is 13.6. The van der Waals surface area contributed by atoms with Gasteiger partial charge >= 0.3 is 0 Å². The number of nitrogens with two attached hydrogens (primary N) is 1. The molecule has 4 N–H and O–H groups in total. The van der Waals surface area contributed by atoms with Crippen molar-refractivity contribution in [3.63, 3.8) is 0 Å². The molecular weight excluding hydrogens is 422 g/mol. The van der Waals surface area contributed by atoms with E-state index < -0.39 is 15.7 Å². The lowest BCUT2D eigenvalue weighted by Gasteiger charge is -2.10. The molecule has 30 heavy (non-hydrogen) atoms. The first-order chi connectivity index (χ1) is 14.2. The van der Waals surface area contributed by atoms with Crippen molar-refractivity contribution in [2.75, 3.05) is 13.1 Å². The molecule has 0 aliphatic heterocycles. The van der Waals surface area contributed by atoms with Gasteiger partial charge < -0.3 is 16.0 Å². The molecular formula is C22H26ClN3O3S. The molecule has 6 nitrogen and oxygen atoms in total. The number of aryl methyl sites for hydroxylation is 2. The molecule has 0 radical (unpaired) electrons. The summed E-state index contributed by atoms with van der Waals surface area (Å²) < 4.78 is 27.2. The minimum atomic E-state index is -3.97. The summed E-state index contributed by atoms with van der Waals surface area (Å²) in [5.74, 6) is -0.460. The van der Waals surface area contributed by atoms with E-state index in [4.69, 9.17) is 17.3 Å². The molecule has 0 saturated carbocycles. The summed E-state index contributed by atoms with van der Waals surface area (Å²) in [6, 6.07) is 10.0. The number of H-pyrrole nitrogens is 1. The standard InChI is InChI=1S/C22H26ClN3O3S/c1-14-10-15(2)12-17(11-14)30(28,29)21-18-13-16(23)6-7-19(18)26-20(21)22(27)25-9-5-3-4-8-24/h6-7,10-13,26H,3-5,8-9,24H2,1-2H3,(H,25,27). The summed E-state index contributed by atoms with van der Waals surface area (Å²) >= 11 is 6.14. The highest BCUT2D eigenvalue weighted by atomic mass is 35.5. The van der Waals surface area contributed by atoms with Gasteiger partial charge in [0.25, 0.3) is 5.91 Å². The van der Waals surface area contributed by atoms with Gasteiger partial charge in [0.15, 0.2) is 0 Å². The minimum absolute atomic E-state index is 0.0188. The third-order valence-electron chi connectivity index (χ3n) is 4.88. The predicted octanol–water partition coefficient (Wildman–Crippen LogP) is 4.13. The third-order valence-corrected chi connectivity index (χ3v) is 6.93. The molecule has 0 aliphatic rings. The average Bonchev–Trinajstić information content (AvgIpc) is 3.06. The van der Waals surface area contributed by atoms with Crippen LogP contribution in [0.25, 0.3) is 10.9 Å². The smallest absolute Gasteiger partial charge is 0.269 e. The van der Waals surface area contributed by atoms with Crippen LogP contribution < -0.4 is 11.1 Å². The zero-order valence-corrected chi connectivity index (χ0v) is 18.7. The van der Waals surface area contributed by atoms with Crippen LogP contribution in [0.1, 0.15) is 40.9 Å². The van der Waals surface area contributed by atoms with Crippen LogP contribution in [-0.4, -0.2) is 32.4 Å². The molecule has 8 heteroatoms. The Bertz CT molecular complexity index is 1170. The molecule has 0 saturated heterocycles. The SMILES string of the molecule is Cc1cc(C)cc(S(=O)(=O)c2c(C(=O)NCCCCCN)[nH]c3ccc(Cl)cc23)c1. The van der Waals surface area contributed by atoms with Gasteiger partial charge in [-0.3, -0.25) is 4.79 Å². The first-order valence-corrected chi connectivity index (χ1v) is 11.7. The number of aromatic nitrogens is 1. The Morgan fingerprint density at radius 1 is 1.07 bits per heavy atom. The van der Waals surface area contributed by atoms with E-state index in [2.05, 4.69) is 10.3 Å². The van der Waals surface area contributed by atoms with Gasteiger partial charge in [0.05, 0.1) is 4.90 Å². The summed E-state index contributed by atoms with van der Waals surface area (Å²) in [6.07, 6.45) is 2.55. The van der Waals surface area contributed by atoms with Crippen molar-refractivity contribution < 1.29 is 13.2 Å². The number of unbranched alkanes of at least 4 members (excludes halogenated alkanes) is 2. The number of halogens is 1. The van der Waals surface area contributed by atoms with Crippen molar-refractivity contribution in [2.45, 2.75) is 42.9 Å². The van der Waals surface area contributed by atoms with E-state index in [0.29, 0.717) is 29.0 Å². The molecule has 3 rings (SSSR count). The second-order valence-corrected chi connectivity index (χ2v) is 9.77. The number of carbonyl (C=O) groups excluding carboxylic acids is 1. The Morgan fingerprint density at radius 3 is 2.43 bits per heavy atom. The molecule has 0 unspecified atom stereocenters. The second-order valence-electron chi connectivity index (χ2n) is 7.45. The monoisotopic (exact) mass is 447 g/mol. The fourth-order valence-electron chi connectivity index (χ4n) is 3.52. The summed E-state index contributed by atoms with van der Waals surface area (Å²) in [5, 5.41) is 3.61. The molecule has 1 heterocycles. The summed E-state index contributed by atoms with van der Waals surface area (Å²) in [5.41, 5.74) is 7.71. The first kappa shape index (κ1) is 22.3. The summed E-state index contributed by atoms with van der Waals surface area (Å²) in [4.78, 5) is 16.0. The van der Waals surface area contributed by atoms with Gasteiger partial charge in [-0.05, 0) is 74.7 Å². The quantitative estimate of drug-likeness (QED) is 0.451. The van der Waals surface area contributed by atoms with Gasteiger partial charge in [0.1, 0.15) is 10.6 Å². The highest BCUT2D eigenvalue weighted by Gasteiger charge is 2.30. The molecule has 1 aromatic heterocycles. The summed E-state index contributed by atoms with van der Waals surface area (Å²) in [7, 11) is -3.97. The zero-order chi connectivity index (χ0) is 21.9. The van der Waals surface area contributed by atoms with Crippen molar-refractivity contribution in [3.8, 4) is 0 Å². The van der Waals surface area contributed by atoms with E-state index in [1.165, 1.54) is 0 Å². The van der Waals surface area contributed by atoms with Crippen molar-refractivity contribution in [3.05, 3.63) is 58.2 Å². The van der Waals surface area contributed by atoms with Gasteiger partial charge in [0.2, 0.25) is 9.84 Å². The lowest BCUT2D eigenvalue weighted by molar-refractivity contribution is 0.0945. The molecule has 0 fully saturated rings. The molecule has 1 amide bonds. The molecule has 0 spiro atoms. The van der Waals surface area contributed by atoms with E-state index in [1.807, 2.05) is 19.9 Å². The van der Waals surface area contributed by atoms with Crippen molar-refractivity contribution in [1.29, 1.82) is 0 Å². The fraction of sp³-hybridized carbons (Fsp3) is 0.318. The largest absolute Gasteiger partial charge is 0.351 e. The highest BCUT2D eigenvalue weighted by molar-refractivity contribution is 7.91. The average molecular weight is 448 g/mol. The molecule has 160 valence electrons. The molecule has 2 aromatic carbocycles. The number of hydrogen-bond donors (Lipinski definition) is 3. The van der Waals surface area contributed by atoms with Crippen LogP contribution in [0, 0.1) is 13.8 Å². The minimum Gasteiger partial charge on any atom is -0.351 e. The van der Waals surface area contributed by atoms with Gasteiger partial charge in [-0.15, -0.1) is 0 Å². The summed E-state index contributed by atoms with van der Waals surface area (Å²) in [6.45, 7) is 4.73. The van der Waals surface area contributed by atoms with Gasteiger partial charge in [-0.2, -0.15) is 0 Å². The molecule has 0 atom stereocenters. The van der Waals surface area contributed by atoms with Crippen LogP contribution in [0.3, 0.4) is 0 Å². The number of carbonyl (C=O) groups is 1. The van der Waals surface area contributed by atoms with E-state index in [-0.39, 0.29) is 15.5 Å². The van der Waals surface area contributed by atoms with Gasteiger partial charge in [-0.1, -0.05) is 24.1 Å². The van der Waals surface area contributed by atoms with Gasteiger partial charge in [0, 0.05) is 22.5 Å². The Labute approximate surface area is 181 Å². The Kier molecular flexibility index (Phi) is 6.85. The van der Waals surface area contributed by atoms with Crippen LogP contribution in [0.5, 0.6) is 0 Å². The van der Waals surface area contributed by atoms with E-state index in [0.717, 1.165) is 30.4 Å². The van der Waals surface area contributed by atoms with E-state index in [9.17, 15) is 13.2 Å². The van der Waals surface area contributed by atoms with Crippen LogP contribution in [0.2, 0.25) is 5.02 Å². The number of amides is 1. The topological polar surface area (TPSA) is 105 Å². The zero-order valence-electron chi connectivity index (χ0n) is 17.1. The number of rotatable bonds is 8. The van der Waals surface area contributed by atoms with Crippen molar-refractivity contribution >= 4 is 38.2 Å². The number of nitrogens with one attached hydrogen (secondary N) is 2. The van der Waals surface area contributed by atoms with Crippen molar-refractivity contribution in [2.24, 2.45) is 5.73 Å². The molecule has 3 aromatic rings. The number of benzene rings is 2. The Hall–Kier alpha value is -2.35. The predicted molar refractivity (Wildman–Crippen MR) is 120 cm³/mol. The van der Waals surface area contributed by atoms with Crippen LogP contribution in [0.15, 0.2) is 46.2 Å². The van der Waals surface area contributed by atoms with E-state index in [1.54, 1.807) is 30.3 Å². The number of aromatic amines is 1. The molecule has 0 aliphatic carbocycles. The molecule has 0 bridgehead atoms. The van der Waals surface area contributed by atoms with Gasteiger partial charge in [-0.25, -0.2) is 8.42 Å². The Morgan fingerprint density at radius 2 is 1.77 bits per heavy atom. The highest BCUT2D eigenvalue weighted by Crippen LogP contribution is 2.34. The maximum absolute atomic E-state index is 13.6. The third kappa shape index (κ3) is 4.69. The number of hydrogen-bond acceptors (Lipinski definition) is 4. The lowest BCUT2D eigenvalue weighted by Crippen LogP contribution is -2.26. The van der Waals surface area contributed by atoms with E-state index >= 15 is 0 Å². The maximum Gasteiger partial charge on any atom is 0.269 e. The van der Waals surface area contributed by atoms with Crippen molar-refractivity contribution in [1.82, 2.24) is 10.3 Å². The fourth-order valence-corrected chi connectivity index (χ4v) is 5.48. The second kappa shape index (κ2) is 9.20. The van der Waals surface area contributed by atoms with Crippen LogP contribution in [-0.2, 0) is 9.84 Å². The normalized spacial score (nSPS) is 11.7. The number of fused-ring (bicyclic) bond motifs is 1.